The fourth-order valence-corrected chi connectivity index (χ4v) is 2.29. The van der Waals surface area contributed by atoms with E-state index in [2.05, 4.69) is 20.5 Å². The van der Waals surface area contributed by atoms with Crippen LogP contribution in [0.1, 0.15) is 12.7 Å². The van der Waals surface area contributed by atoms with E-state index in [-0.39, 0.29) is 12.5 Å². The summed E-state index contributed by atoms with van der Waals surface area (Å²) >= 11 is 5.99. The van der Waals surface area contributed by atoms with Gasteiger partial charge < -0.3 is 4.57 Å². The fraction of sp³-hybridized carbons (Fsp3) is 0.214. The van der Waals surface area contributed by atoms with Crippen LogP contribution in [-0.4, -0.2) is 25.7 Å². The summed E-state index contributed by atoms with van der Waals surface area (Å²) in [5.74, 6) is 0.851. The zero-order valence-corrected chi connectivity index (χ0v) is 12.2. The van der Waals surface area contributed by atoms with Crippen molar-refractivity contribution in [2.24, 2.45) is 0 Å². The maximum atomic E-state index is 12.0. The molecule has 0 spiro atoms. The molecule has 1 amide bonds. The molecule has 7 heteroatoms. The van der Waals surface area contributed by atoms with E-state index in [0.29, 0.717) is 11.0 Å². The SMILES string of the molecule is CCc1nc(NC(=O)Cn2ccc3ccc(Cl)cc32)n[nH]1. The second-order valence-electron chi connectivity index (χ2n) is 4.65. The van der Waals surface area contributed by atoms with Crippen molar-refractivity contribution in [3.05, 3.63) is 41.3 Å². The van der Waals surface area contributed by atoms with Crippen LogP contribution >= 0.6 is 11.6 Å². The molecule has 1 aromatic carbocycles. The number of hydrogen-bond donors (Lipinski definition) is 2. The number of halogens is 1. The van der Waals surface area contributed by atoms with Crippen molar-refractivity contribution in [2.45, 2.75) is 19.9 Å². The van der Waals surface area contributed by atoms with Crippen LogP contribution in [0.2, 0.25) is 5.02 Å². The Morgan fingerprint density at radius 3 is 3.05 bits per heavy atom. The van der Waals surface area contributed by atoms with E-state index < -0.39 is 0 Å². The molecule has 3 aromatic rings. The topological polar surface area (TPSA) is 75.6 Å². The van der Waals surface area contributed by atoms with Crippen molar-refractivity contribution in [1.29, 1.82) is 0 Å². The Labute approximate surface area is 126 Å². The molecule has 2 N–H and O–H groups in total. The number of carbonyl (C=O) groups excluding carboxylic acids is 1. The zero-order valence-electron chi connectivity index (χ0n) is 11.4. The van der Waals surface area contributed by atoms with Gasteiger partial charge in [0, 0.05) is 23.2 Å². The van der Waals surface area contributed by atoms with Gasteiger partial charge in [-0.1, -0.05) is 24.6 Å². The number of aryl methyl sites for hydroxylation is 1. The zero-order chi connectivity index (χ0) is 14.8. The van der Waals surface area contributed by atoms with Gasteiger partial charge in [0.05, 0.1) is 0 Å². The molecule has 6 nitrogen and oxygen atoms in total. The molecule has 0 saturated carbocycles. The third kappa shape index (κ3) is 2.90. The third-order valence-electron chi connectivity index (χ3n) is 3.17. The Bertz CT molecular complexity index is 792. The van der Waals surface area contributed by atoms with Crippen LogP contribution in [0.5, 0.6) is 0 Å². The minimum absolute atomic E-state index is 0.180. The molecule has 0 bridgehead atoms. The summed E-state index contributed by atoms with van der Waals surface area (Å²) in [6, 6.07) is 7.54. The number of benzene rings is 1. The average Bonchev–Trinajstić information content (AvgIpc) is 3.06. The van der Waals surface area contributed by atoms with Crippen molar-refractivity contribution >= 4 is 34.4 Å². The van der Waals surface area contributed by atoms with Gasteiger partial charge in [0.25, 0.3) is 0 Å². The molecule has 0 atom stereocenters. The smallest absolute Gasteiger partial charge is 0.248 e. The van der Waals surface area contributed by atoms with Crippen molar-refractivity contribution in [3.63, 3.8) is 0 Å². The van der Waals surface area contributed by atoms with Gasteiger partial charge in [-0.2, -0.15) is 4.98 Å². The van der Waals surface area contributed by atoms with Crippen LogP contribution in [0.25, 0.3) is 10.9 Å². The third-order valence-corrected chi connectivity index (χ3v) is 3.40. The summed E-state index contributed by atoms with van der Waals surface area (Å²) in [6.07, 6.45) is 2.60. The number of fused-ring (bicyclic) bond motifs is 1. The van der Waals surface area contributed by atoms with E-state index in [1.165, 1.54) is 0 Å². The first-order valence-corrected chi connectivity index (χ1v) is 6.99. The first-order chi connectivity index (χ1) is 10.2. The highest BCUT2D eigenvalue weighted by molar-refractivity contribution is 6.31. The lowest BCUT2D eigenvalue weighted by atomic mass is 10.2. The van der Waals surface area contributed by atoms with E-state index in [4.69, 9.17) is 11.6 Å². The molecule has 0 aliphatic heterocycles. The van der Waals surface area contributed by atoms with Gasteiger partial charge in [-0.25, -0.2) is 0 Å². The molecule has 0 saturated heterocycles. The maximum absolute atomic E-state index is 12.0. The minimum atomic E-state index is -0.186. The highest BCUT2D eigenvalue weighted by atomic mass is 35.5. The molecule has 0 unspecified atom stereocenters. The number of nitrogens with zero attached hydrogens (tertiary/aromatic N) is 3. The van der Waals surface area contributed by atoms with Gasteiger partial charge >= 0.3 is 0 Å². The van der Waals surface area contributed by atoms with Crippen molar-refractivity contribution < 1.29 is 4.79 Å². The number of rotatable bonds is 4. The lowest BCUT2D eigenvalue weighted by molar-refractivity contribution is -0.116. The van der Waals surface area contributed by atoms with Crippen LogP contribution in [-0.2, 0) is 17.8 Å². The first-order valence-electron chi connectivity index (χ1n) is 6.61. The summed E-state index contributed by atoms with van der Waals surface area (Å²) in [5.41, 5.74) is 0.918. The van der Waals surface area contributed by atoms with E-state index in [0.717, 1.165) is 23.1 Å². The van der Waals surface area contributed by atoms with Crippen LogP contribution in [0.15, 0.2) is 30.5 Å². The Kier molecular flexibility index (Phi) is 3.62. The summed E-state index contributed by atoms with van der Waals surface area (Å²) in [5, 5.41) is 11.0. The minimum Gasteiger partial charge on any atom is -0.338 e. The molecule has 0 aliphatic rings. The summed E-state index contributed by atoms with van der Waals surface area (Å²) in [6.45, 7) is 2.14. The molecule has 2 aromatic heterocycles. The van der Waals surface area contributed by atoms with Gasteiger partial charge in [-0.3, -0.25) is 15.2 Å². The van der Waals surface area contributed by atoms with Crippen LogP contribution in [0, 0.1) is 0 Å². The molecule has 2 heterocycles. The Morgan fingerprint density at radius 1 is 1.43 bits per heavy atom. The van der Waals surface area contributed by atoms with Gasteiger partial charge in [0.1, 0.15) is 12.4 Å². The summed E-state index contributed by atoms with van der Waals surface area (Å²) in [4.78, 5) is 16.2. The molecule has 108 valence electrons. The predicted molar refractivity (Wildman–Crippen MR) is 81.3 cm³/mol. The Balaban J connectivity index is 1.75. The monoisotopic (exact) mass is 303 g/mol. The Hall–Kier alpha value is -2.34. The number of nitrogens with one attached hydrogen (secondary N) is 2. The summed E-state index contributed by atoms with van der Waals surface area (Å²) in [7, 11) is 0. The average molecular weight is 304 g/mol. The normalized spacial score (nSPS) is 11.0. The molecule has 0 aliphatic carbocycles. The predicted octanol–water partition coefficient (Wildman–Crippen LogP) is 2.61. The lowest BCUT2D eigenvalue weighted by Gasteiger charge is -2.05. The summed E-state index contributed by atoms with van der Waals surface area (Å²) < 4.78 is 1.84. The molecule has 3 rings (SSSR count). The van der Waals surface area contributed by atoms with Crippen molar-refractivity contribution in [2.75, 3.05) is 5.32 Å². The number of anilines is 1. The quantitative estimate of drug-likeness (QED) is 0.778. The van der Waals surface area contributed by atoms with E-state index >= 15 is 0 Å². The lowest BCUT2D eigenvalue weighted by Crippen LogP contribution is -2.19. The van der Waals surface area contributed by atoms with Gasteiger partial charge in [0.2, 0.25) is 11.9 Å². The fourth-order valence-electron chi connectivity index (χ4n) is 2.12. The van der Waals surface area contributed by atoms with Crippen LogP contribution < -0.4 is 5.32 Å². The Morgan fingerprint density at radius 2 is 2.29 bits per heavy atom. The second kappa shape index (κ2) is 5.57. The second-order valence-corrected chi connectivity index (χ2v) is 5.09. The standard InChI is InChI=1S/C14H14ClN5O/c1-2-12-16-14(19-18-12)17-13(21)8-20-6-5-9-3-4-10(15)7-11(9)20/h3-7H,2,8H2,1H3,(H2,16,17,18,19,21). The van der Waals surface area contributed by atoms with E-state index in [1.807, 2.05) is 42.0 Å². The van der Waals surface area contributed by atoms with Crippen molar-refractivity contribution in [1.82, 2.24) is 19.7 Å². The largest absolute Gasteiger partial charge is 0.338 e. The van der Waals surface area contributed by atoms with Gasteiger partial charge in [-0.05, 0) is 23.6 Å². The maximum Gasteiger partial charge on any atom is 0.248 e. The van der Waals surface area contributed by atoms with Gasteiger partial charge in [-0.15, -0.1) is 5.10 Å². The van der Waals surface area contributed by atoms with Crippen molar-refractivity contribution in [3.8, 4) is 0 Å². The molecule has 0 fully saturated rings. The van der Waals surface area contributed by atoms with Crippen LogP contribution in [0.3, 0.4) is 0 Å². The van der Waals surface area contributed by atoms with Crippen LogP contribution in [0.4, 0.5) is 5.95 Å². The number of hydrogen-bond acceptors (Lipinski definition) is 3. The first kappa shape index (κ1) is 13.6. The van der Waals surface area contributed by atoms with Gasteiger partial charge in [0.15, 0.2) is 0 Å². The molecule has 21 heavy (non-hydrogen) atoms. The number of aromatic amines is 1. The number of H-pyrrole nitrogens is 1. The number of amides is 1. The highest BCUT2D eigenvalue weighted by Gasteiger charge is 2.09. The highest BCUT2D eigenvalue weighted by Crippen LogP contribution is 2.20. The number of aromatic nitrogens is 4. The molecular formula is C14H14ClN5O. The molecule has 0 radical (unpaired) electrons. The van der Waals surface area contributed by atoms with E-state index in [9.17, 15) is 4.79 Å². The molecular weight excluding hydrogens is 290 g/mol. The van der Waals surface area contributed by atoms with E-state index in [1.54, 1.807) is 0 Å². The number of carbonyl (C=O) groups is 1.